The van der Waals surface area contributed by atoms with Crippen molar-refractivity contribution in [1.82, 2.24) is 0 Å². The monoisotopic (exact) mass is 284 g/mol. The van der Waals surface area contributed by atoms with E-state index < -0.39 is 0 Å². The highest BCUT2D eigenvalue weighted by Crippen LogP contribution is 2.23. The van der Waals surface area contributed by atoms with Gasteiger partial charge in [0.05, 0.1) is 6.54 Å². The Labute approximate surface area is 125 Å². The highest BCUT2D eigenvalue weighted by atomic mass is 16.5. The molecule has 2 aromatic rings. The lowest BCUT2D eigenvalue weighted by Gasteiger charge is -2.24. The molecule has 0 amide bonds. The minimum Gasteiger partial charge on any atom is -0.489 e. The molecule has 0 radical (unpaired) electrons. The van der Waals surface area contributed by atoms with Gasteiger partial charge in [-0.15, -0.1) is 0 Å². The van der Waals surface area contributed by atoms with Gasteiger partial charge in [-0.2, -0.15) is 5.53 Å². The molecule has 0 saturated carbocycles. The van der Waals surface area contributed by atoms with Crippen LogP contribution in [0.1, 0.15) is 12.5 Å². The van der Waals surface area contributed by atoms with Crippen LogP contribution in [-0.4, -0.2) is 19.7 Å². The summed E-state index contributed by atoms with van der Waals surface area (Å²) in [6.07, 6.45) is 0.0941. The number of para-hydroxylation sites is 1. The third-order valence-electron chi connectivity index (χ3n) is 3.37. The SMILES string of the molecule is Cc1cc(N(C)CC(C)Oc2ccccc2)ccc1N=[NH2+]. The van der Waals surface area contributed by atoms with Crippen molar-refractivity contribution in [2.24, 2.45) is 5.11 Å². The van der Waals surface area contributed by atoms with E-state index >= 15 is 0 Å². The maximum absolute atomic E-state index is 5.90. The summed E-state index contributed by atoms with van der Waals surface area (Å²) in [5, 5.41) is 3.74. The van der Waals surface area contributed by atoms with E-state index in [1.54, 1.807) is 0 Å². The summed E-state index contributed by atoms with van der Waals surface area (Å²) >= 11 is 0. The molecule has 4 heteroatoms. The maximum atomic E-state index is 5.90. The quantitative estimate of drug-likeness (QED) is 0.829. The van der Waals surface area contributed by atoms with Crippen LogP contribution in [0.2, 0.25) is 0 Å². The van der Waals surface area contributed by atoms with Crippen molar-refractivity contribution in [3.8, 4) is 5.75 Å². The summed E-state index contributed by atoms with van der Waals surface area (Å²) in [5.74, 6) is 0.895. The minimum absolute atomic E-state index is 0.0941. The molecule has 110 valence electrons. The topological polar surface area (TPSA) is 50.4 Å². The van der Waals surface area contributed by atoms with E-state index in [4.69, 9.17) is 10.3 Å². The molecule has 4 nitrogen and oxygen atoms in total. The van der Waals surface area contributed by atoms with Crippen LogP contribution < -0.4 is 15.2 Å². The lowest BCUT2D eigenvalue weighted by Crippen LogP contribution is -2.30. The van der Waals surface area contributed by atoms with Gasteiger partial charge >= 0.3 is 0 Å². The van der Waals surface area contributed by atoms with Crippen molar-refractivity contribution < 1.29 is 10.3 Å². The number of nitrogens with zero attached hydrogens (tertiary/aromatic N) is 2. The van der Waals surface area contributed by atoms with E-state index in [0.29, 0.717) is 0 Å². The summed E-state index contributed by atoms with van der Waals surface area (Å²) in [4.78, 5) is 2.17. The minimum atomic E-state index is 0.0941. The zero-order valence-electron chi connectivity index (χ0n) is 12.8. The summed E-state index contributed by atoms with van der Waals surface area (Å²) in [5.41, 5.74) is 8.35. The number of rotatable bonds is 6. The fraction of sp³-hybridized carbons (Fsp3) is 0.294. The van der Waals surface area contributed by atoms with Crippen LogP contribution in [-0.2, 0) is 0 Å². The highest BCUT2D eigenvalue weighted by Gasteiger charge is 2.10. The standard InChI is InChI=1S/C17H21N3O/c1-13-11-15(9-10-17(13)19-18)20(3)12-14(2)21-16-7-5-4-6-8-16/h4-11,14,18H,12H2,1-3H3/p+1. The molecule has 0 heterocycles. The van der Waals surface area contributed by atoms with Crippen molar-refractivity contribution >= 4 is 11.4 Å². The van der Waals surface area contributed by atoms with Gasteiger partial charge in [-0.1, -0.05) is 18.2 Å². The highest BCUT2D eigenvalue weighted by molar-refractivity contribution is 5.57. The van der Waals surface area contributed by atoms with E-state index in [1.165, 1.54) is 0 Å². The second-order valence-corrected chi connectivity index (χ2v) is 5.22. The molecule has 0 spiro atoms. The second-order valence-electron chi connectivity index (χ2n) is 5.22. The van der Waals surface area contributed by atoms with Crippen LogP contribution in [0.4, 0.5) is 11.4 Å². The van der Waals surface area contributed by atoms with Crippen LogP contribution in [0, 0.1) is 6.92 Å². The first kappa shape index (κ1) is 15.0. The Hall–Kier alpha value is -2.36. The van der Waals surface area contributed by atoms with Crippen LogP contribution in [0.5, 0.6) is 5.75 Å². The van der Waals surface area contributed by atoms with Crippen LogP contribution in [0.15, 0.2) is 53.6 Å². The van der Waals surface area contributed by atoms with Crippen molar-refractivity contribution in [3.05, 3.63) is 54.1 Å². The van der Waals surface area contributed by atoms with E-state index in [0.717, 1.165) is 29.2 Å². The Morgan fingerprint density at radius 2 is 1.90 bits per heavy atom. The number of hydrogen-bond acceptors (Lipinski definition) is 3. The van der Waals surface area contributed by atoms with Gasteiger partial charge in [0, 0.05) is 12.7 Å². The molecular formula is C17H22N3O+. The third-order valence-corrected chi connectivity index (χ3v) is 3.37. The second kappa shape index (κ2) is 6.88. The van der Waals surface area contributed by atoms with E-state index in [1.807, 2.05) is 49.4 Å². The molecule has 1 atom stereocenters. The molecular weight excluding hydrogens is 262 g/mol. The molecule has 0 aromatic heterocycles. The fourth-order valence-corrected chi connectivity index (χ4v) is 2.28. The number of benzene rings is 2. The molecule has 2 N–H and O–H groups in total. The maximum Gasteiger partial charge on any atom is 0.133 e. The third kappa shape index (κ3) is 4.05. The predicted molar refractivity (Wildman–Crippen MR) is 85.0 cm³/mol. The summed E-state index contributed by atoms with van der Waals surface area (Å²) < 4.78 is 5.90. The first-order chi connectivity index (χ1) is 10.1. The molecule has 2 aromatic carbocycles. The summed E-state index contributed by atoms with van der Waals surface area (Å²) in [7, 11) is 2.05. The van der Waals surface area contributed by atoms with Crippen LogP contribution in [0.25, 0.3) is 0 Å². The fourth-order valence-electron chi connectivity index (χ4n) is 2.28. The summed E-state index contributed by atoms with van der Waals surface area (Å²) in [6.45, 7) is 4.88. The van der Waals surface area contributed by atoms with Gasteiger partial charge < -0.3 is 9.64 Å². The molecule has 21 heavy (non-hydrogen) atoms. The van der Waals surface area contributed by atoms with Crippen molar-refractivity contribution in [3.63, 3.8) is 0 Å². The Morgan fingerprint density at radius 3 is 2.52 bits per heavy atom. The Bertz CT molecular complexity index is 598. The van der Waals surface area contributed by atoms with Gasteiger partial charge in [0.2, 0.25) is 0 Å². The van der Waals surface area contributed by atoms with Gasteiger partial charge in [-0.05, 0) is 54.9 Å². The number of anilines is 1. The predicted octanol–water partition coefficient (Wildman–Crippen LogP) is 2.74. The zero-order chi connectivity index (χ0) is 15.2. The number of likely N-dealkylation sites (N-methyl/N-ethyl adjacent to an activating group) is 1. The first-order valence-electron chi connectivity index (χ1n) is 7.04. The molecule has 0 saturated heterocycles. The van der Waals surface area contributed by atoms with Crippen LogP contribution in [0.3, 0.4) is 0 Å². The first-order valence-corrected chi connectivity index (χ1v) is 7.04. The Balaban J connectivity index is 1.99. The van der Waals surface area contributed by atoms with Gasteiger partial charge in [-0.3, -0.25) is 0 Å². The van der Waals surface area contributed by atoms with Crippen LogP contribution >= 0.6 is 0 Å². The molecule has 2 rings (SSSR count). The van der Waals surface area contributed by atoms with Gasteiger partial charge in [0.25, 0.3) is 0 Å². The Kier molecular flexibility index (Phi) is 4.93. The number of hydrogen-bond donors (Lipinski definition) is 1. The van der Waals surface area contributed by atoms with Crippen molar-refractivity contribution in [1.29, 1.82) is 0 Å². The lowest BCUT2D eigenvalue weighted by molar-refractivity contribution is -0.210. The van der Waals surface area contributed by atoms with Crippen molar-refractivity contribution in [2.75, 3.05) is 18.5 Å². The molecule has 0 fully saturated rings. The van der Waals surface area contributed by atoms with E-state index in [2.05, 4.69) is 30.1 Å². The van der Waals surface area contributed by atoms with Gasteiger partial charge in [-0.25, -0.2) is 0 Å². The summed E-state index contributed by atoms with van der Waals surface area (Å²) in [6, 6.07) is 15.9. The van der Waals surface area contributed by atoms with Gasteiger partial charge in [0.15, 0.2) is 0 Å². The normalized spacial score (nSPS) is 11.8. The number of ether oxygens (including phenoxy) is 1. The Morgan fingerprint density at radius 1 is 1.19 bits per heavy atom. The van der Waals surface area contributed by atoms with Gasteiger partial charge in [0.1, 0.15) is 17.5 Å². The average Bonchev–Trinajstić information content (AvgIpc) is 2.48. The molecule has 0 aliphatic heterocycles. The number of aryl methyl sites for hydroxylation is 1. The largest absolute Gasteiger partial charge is 0.489 e. The average molecular weight is 284 g/mol. The van der Waals surface area contributed by atoms with E-state index in [-0.39, 0.29) is 6.10 Å². The molecule has 0 aliphatic rings. The number of nitrogens with two attached hydrogens (primary N) is 1. The molecule has 0 bridgehead atoms. The van der Waals surface area contributed by atoms with Crippen molar-refractivity contribution in [2.45, 2.75) is 20.0 Å². The lowest BCUT2D eigenvalue weighted by atomic mass is 10.1. The van der Waals surface area contributed by atoms with E-state index in [9.17, 15) is 0 Å². The molecule has 1 unspecified atom stereocenters. The molecule has 0 aliphatic carbocycles. The smallest absolute Gasteiger partial charge is 0.133 e. The zero-order valence-corrected chi connectivity index (χ0v) is 12.8.